The van der Waals surface area contributed by atoms with E-state index in [2.05, 4.69) is 29.6 Å². The van der Waals surface area contributed by atoms with Gasteiger partial charge in [-0.1, -0.05) is 55.9 Å². The molecule has 0 N–H and O–H groups in total. The SMILES string of the molecule is CCCC1CCC(c2ccc3c(F)c(C#Cc4ccc(OCC(F)(F)F)c(F)c4)ccc3c2)CC1. The Hall–Kier alpha value is -3.07. The van der Waals surface area contributed by atoms with E-state index in [4.69, 9.17) is 0 Å². The molecule has 1 aliphatic carbocycles. The van der Waals surface area contributed by atoms with Crippen LogP contribution in [-0.4, -0.2) is 12.8 Å². The summed E-state index contributed by atoms with van der Waals surface area (Å²) in [5.41, 5.74) is 1.62. The molecule has 0 saturated heterocycles. The lowest BCUT2D eigenvalue weighted by atomic mass is 9.77. The van der Waals surface area contributed by atoms with Gasteiger partial charge >= 0.3 is 6.18 Å². The Morgan fingerprint density at radius 3 is 2.37 bits per heavy atom. The van der Waals surface area contributed by atoms with E-state index in [1.807, 2.05) is 12.1 Å². The van der Waals surface area contributed by atoms with Crippen molar-refractivity contribution in [1.82, 2.24) is 0 Å². The molecule has 0 heterocycles. The maximum absolute atomic E-state index is 15.1. The molecule has 3 aromatic carbocycles. The molecule has 35 heavy (non-hydrogen) atoms. The smallest absolute Gasteiger partial charge is 0.422 e. The molecule has 184 valence electrons. The fraction of sp³-hybridized carbons (Fsp3) is 0.379. The van der Waals surface area contributed by atoms with Crippen LogP contribution in [0.3, 0.4) is 0 Å². The quantitative estimate of drug-likeness (QED) is 0.259. The first kappa shape index (κ1) is 25.0. The Morgan fingerprint density at radius 2 is 1.69 bits per heavy atom. The third kappa shape index (κ3) is 6.33. The van der Waals surface area contributed by atoms with E-state index in [1.54, 1.807) is 12.1 Å². The maximum Gasteiger partial charge on any atom is 0.422 e. The molecule has 0 radical (unpaired) electrons. The second-order valence-corrected chi connectivity index (χ2v) is 9.21. The minimum absolute atomic E-state index is 0.170. The van der Waals surface area contributed by atoms with Gasteiger partial charge in [-0.2, -0.15) is 13.2 Å². The van der Waals surface area contributed by atoms with E-state index < -0.39 is 30.2 Å². The first-order valence-electron chi connectivity index (χ1n) is 12.0. The van der Waals surface area contributed by atoms with Crippen LogP contribution in [-0.2, 0) is 0 Å². The van der Waals surface area contributed by atoms with Gasteiger partial charge in [0.05, 0.1) is 5.56 Å². The number of fused-ring (bicyclic) bond motifs is 1. The molecule has 3 aromatic rings. The van der Waals surface area contributed by atoms with Crippen molar-refractivity contribution in [2.24, 2.45) is 5.92 Å². The molecule has 0 spiro atoms. The zero-order valence-electron chi connectivity index (χ0n) is 19.5. The largest absolute Gasteiger partial charge is 0.481 e. The van der Waals surface area contributed by atoms with E-state index in [1.165, 1.54) is 50.2 Å². The summed E-state index contributed by atoms with van der Waals surface area (Å²) in [5.74, 6) is 4.80. The Balaban J connectivity index is 1.49. The number of alkyl halides is 3. The maximum atomic E-state index is 15.1. The van der Waals surface area contributed by atoms with Crippen molar-refractivity contribution in [1.29, 1.82) is 0 Å². The lowest BCUT2D eigenvalue weighted by Gasteiger charge is -2.28. The molecule has 1 aliphatic rings. The van der Waals surface area contributed by atoms with E-state index in [0.29, 0.717) is 11.3 Å². The van der Waals surface area contributed by atoms with Gasteiger partial charge in [-0.15, -0.1) is 0 Å². The molecular formula is C29H27F5O. The average Bonchev–Trinajstić information content (AvgIpc) is 2.83. The molecule has 0 aromatic heterocycles. The van der Waals surface area contributed by atoms with Gasteiger partial charge in [-0.3, -0.25) is 0 Å². The van der Waals surface area contributed by atoms with Crippen LogP contribution in [0.25, 0.3) is 10.8 Å². The second-order valence-electron chi connectivity index (χ2n) is 9.21. The fourth-order valence-electron chi connectivity index (χ4n) is 4.85. The Kier molecular flexibility index (Phi) is 7.64. The summed E-state index contributed by atoms with van der Waals surface area (Å²) in [4.78, 5) is 0. The molecule has 1 fully saturated rings. The first-order chi connectivity index (χ1) is 16.7. The number of hydrogen-bond donors (Lipinski definition) is 0. The topological polar surface area (TPSA) is 9.23 Å². The van der Waals surface area contributed by atoms with Crippen LogP contribution in [0.2, 0.25) is 0 Å². The van der Waals surface area contributed by atoms with Gasteiger partial charge in [0.25, 0.3) is 0 Å². The molecule has 0 aliphatic heterocycles. The molecule has 1 nitrogen and oxygen atoms in total. The van der Waals surface area contributed by atoms with Gasteiger partial charge in [0.15, 0.2) is 18.2 Å². The van der Waals surface area contributed by atoms with Gasteiger partial charge in [0.2, 0.25) is 0 Å². The highest BCUT2D eigenvalue weighted by Gasteiger charge is 2.29. The minimum atomic E-state index is -4.56. The lowest BCUT2D eigenvalue weighted by molar-refractivity contribution is -0.153. The van der Waals surface area contributed by atoms with Crippen molar-refractivity contribution in [3.8, 4) is 17.6 Å². The minimum Gasteiger partial charge on any atom is -0.481 e. The van der Waals surface area contributed by atoms with Crippen LogP contribution < -0.4 is 4.74 Å². The van der Waals surface area contributed by atoms with Gasteiger partial charge in [0, 0.05) is 10.9 Å². The third-order valence-electron chi connectivity index (χ3n) is 6.66. The Bertz CT molecular complexity index is 1240. The van der Waals surface area contributed by atoms with Gasteiger partial charge < -0.3 is 4.74 Å². The number of ether oxygens (including phenoxy) is 1. The number of rotatable bonds is 5. The van der Waals surface area contributed by atoms with Crippen LogP contribution in [0, 0.1) is 29.4 Å². The summed E-state index contributed by atoms with van der Waals surface area (Å²) in [5, 5.41) is 1.29. The third-order valence-corrected chi connectivity index (χ3v) is 6.66. The molecular weight excluding hydrogens is 459 g/mol. The Morgan fingerprint density at radius 1 is 0.914 bits per heavy atom. The van der Waals surface area contributed by atoms with Crippen molar-refractivity contribution in [2.45, 2.75) is 57.5 Å². The van der Waals surface area contributed by atoms with E-state index in [9.17, 15) is 17.6 Å². The summed E-state index contributed by atoms with van der Waals surface area (Å²) in [6.45, 7) is 0.646. The summed E-state index contributed by atoms with van der Waals surface area (Å²) < 4.78 is 70.4. The van der Waals surface area contributed by atoms with Crippen LogP contribution in [0.15, 0.2) is 48.5 Å². The molecule has 0 unspecified atom stereocenters. The molecule has 4 rings (SSSR count). The van der Waals surface area contributed by atoms with Crippen LogP contribution in [0.4, 0.5) is 22.0 Å². The van der Waals surface area contributed by atoms with Crippen molar-refractivity contribution >= 4 is 10.8 Å². The lowest BCUT2D eigenvalue weighted by Crippen LogP contribution is -2.19. The van der Waals surface area contributed by atoms with Gasteiger partial charge in [-0.05, 0) is 72.7 Å². The molecule has 0 bridgehead atoms. The monoisotopic (exact) mass is 486 g/mol. The molecule has 6 heteroatoms. The number of benzene rings is 3. The molecule has 1 saturated carbocycles. The van der Waals surface area contributed by atoms with Crippen LogP contribution in [0.1, 0.15) is 68.1 Å². The van der Waals surface area contributed by atoms with E-state index >= 15 is 4.39 Å². The highest BCUT2D eigenvalue weighted by molar-refractivity contribution is 5.85. The van der Waals surface area contributed by atoms with Gasteiger partial charge in [-0.25, -0.2) is 8.78 Å². The molecule has 0 atom stereocenters. The predicted molar refractivity (Wildman–Crippen MR) is 127 cm³/mol. The van der Waals surface area contributed by atoms with Crippen LogP contribution >= 0.6 is 0 Å². The van der Waals surface area contributed by atoms with Crippen molar-refractivity contribution in [3.05, 3.63) is 76.9 Å². The van der Waals surface area contributed by atoms with E-state index in [0.717, 1.165) is 23.4 Å². The average molecular weight is 487 g/mol. The Labute approximate surface area is 202 Å². The standard InChI is InChI=1S/C29H27F5O/c1-2-3-19-4-8-21(9-5-19)23-13-14-25-24(17-23)12-11-22(28(25)31)10-6-20-7-15-27(26(30)16-20)35-18-29(32,33)34/h7,11-17,19,21H,2-5,8-9,18H2,1H3. The number of halogens is 5. The summed E-state index contributed by atoms with van der Waals surface area (Å²) in [6.07, 6.45) is 2.78. The first-order valence-corrected chi connectivity index (χ1v) is 12.0. The van der Waals surface area contributed by atoms with Gasteiger partial charge in [0.1, 0.15) is 5.82 Å². The van der Waals surface area contributed by atoms with Crippen molar-refractivity contribution in [2.75, 3.05) is 6.61 Å². The number of hydrogen-bond acceptors (Lipinski definition) is 1. The predicted octanol–water partition coefficient (Wildman–Crippen LogP) is 8.53. The normalized spacial score (nSPS) is 18.2. The van der Waals surface area contributed by atoms with Crippen molar-refractivity contribution in [3.63, 3.8) is 0 Å². The zero-order chi connectivity index (χ0) is 25.0. The van der Waals surface area contributed by atoms with E-state index in [-0.39, 0.29) is 11.1 Å². The summed E-state index contributed by atoms with van der Waals surface area (Å²) >= 11 is 0. The van der Waals surface area contributed by atoms with Crippen LogP contribution in [0.5, 0.6) is 5.75 Å². The summed E-state index contributed by atoms with van der Waals surface area (Å²) in [6, 6.07) is 12.7. The second kappa shape index (κ2) is 10.7. The van der Waals surface area contributed by atoms with Crippen molar-refractivity contribution < 1.29 is 26.7 Å². The summed E-state index contributed by atoms with van der Waals surface area (Å²) in [7, 11) is 0. The fourth-order valence-corrected chi connectivity index (χ4v) is 4.85. The highest BCUT2D eigenvalue weighted by atomic mass is 19.4. The molecule has 0 amide bonds. The highest BCUT2D eigenvalue weighted by Crippen LogP contribution is 2.38. The zero-order valence-corrected chi connectivity index (χ0v) is 19.5.